The van der Waals surface area contributed by atoms with E-state index in [1.165, 1.54) is 24.1 Å². The van der Waals surface area contributed by atoms with E-state index in [0.29, 0.717) is 26.2 Å². The number of hydrogen-bond donors (Lipinski definition) is 0. The number of benzene rings is 1. The maximum Gasteiger partial charge on any atom is 0.416 e. The van der Waals surface area contributed by atoms with Crippen LogP contribution in [0.4, 0.5) is 13.2 Å². The van der Waals surface area contributed by atoms with Gasteiger partial charge < -0.3 is 9.64 Å². The number of carbonyl (C=O) groups excluding carboxylic acids is 2. The summed E-state index contributed by atoms with van der Waals surface area (Å²) in [6.07, 6.45) is -4.48. The molecule has 1 fully saturated rings. The molecule has 8 heteroatoms. The number of rotatable bonds is 3. The third-order valence-electron chi connectivity index (χ3n) is 4.13. The molecule has 1 amide bonds. The van der Waals surface area contributed by atoms with Crippen LogP contribution in [-0.4, -0.2) is 61.0 Å². The summed E-state index contributed by atoms with van der Waals surface area (Å²) in [4.78, 5) is 27.3. The highest BCUT2D eigenvalue weighted by atomic mass is 19.4. The van der Waals surface area contributed by atoms with Crippen LogP contribution in [0, 0.1) is 0 Å². The molecule has 0 aromatic heterocycles. The van der Waals surface area contributed by atoms with Crippen molar-refractivity contribution in [3.8, 4) is 0 Å². The maximum atomic E-state index is 12.7. The van der Waals surface area contributed by atoms with E-state index >= 15 is 0 Å². The van der Waals surface area contributed by atoms with Crippen LogP contribution in [0.5, 0.6) is 0 Å². The lowest BCUT2D eigenvalue weighted by Crippen LogP contribution is -2.53. The molecular weight excluding hydrogens is 325 g/mol. The quantitative estimate of drug-likeness (QED) is 0.788. The van der Waals surface area contributed by atoms with Crippen molar-refractivity contribution in [2.45, 2.75) is 19.1 Å². The molecular formula is C16H19F3N2O3. The summed E-state index contributed by atoms with van der Waals surface area (Å²) in [5.74, 6) is -0.792. The summed E-state index contributed by atoms with van der Waals surface area (Å²) >= 11 is 0. The number of amides is 1. The van der Waals surface area contributed by atoms with Crippen LogP contribution >= 0.6 is 0 Å². The fourth-order valence-electron chi connectivity index (χ4n) is 2.64. The first-order valence-corrected chi connectivity index (χ1v) is 7.52. The minimum Gasteiger partial charge on any atom is -0.468 e. The zero-order valence-corrected chi connectivity index (χ0v) is 13.5. The third-order valence-corrected chi connectivity index (χ3v) is 4.13. The van der Waals surface area contributed by atoms with Gasteiger partial charge >= 0.3 is 12.1 Å². The van der Waals surface area contributed by atoms with Crippen molar-refractivity contribution in [1.29, 1.82) is 0 Å². The summed E-state index contributed by atoms with van der Waals surface area (Å²) in [6, 6.07) is 3.99. The number of carbonyl (C=O) groups is 2. The lowest BCUT2D eigenvalue weighted by atomic mass is 10.1. The monoisotopic (exact) mass is 344 g/mol. The van der Waals surface area contributed by atoms with Crippen LogP contribution in [0.15, 0.2) is 24.3 Å². The van der Waals surface area contributed by atoms with E-state index in [0.717, 1.165) is 12.1 Å². The average Bonchev–Trinajstić information content (AvgIpc) is 2.59. The van der Waals surface area contributed by atoms with Crippen LogP contribution in [0.1, 0.15) is 22.8 Å². The molecule has 132 valence electrons. The number of esters is 1. The van der Waals surface area contributed by atoms with Gasteiger partial charge in [-0.25, -0.2) is 0 Å². The number of halogens is 3. The maximum absolute atomic E-state index is 12.7. The van der Waals surface area contributed by atoms with Crippen molar-refractivity contribution >= 4 is 11.9 Å². The van der Waals surface area contributed by atoms with Crippen molar-refractivity contribution in [1.82, 2.24) is 9.80 Å². The summed E-state index contributed by atoms with van der Waals surface area (Å²) in [6.45, 7) is 3.32. The van der Waals surface area contributed by atoms with Crippen molar-refractivity contribution in [2.75, 3.05) is 33.3 Å². The first-order valence-electron chi connectivity index (χ1n) is 7.52. The molecule has 5 nitrogen and oxygen atoms in total. The Kier molecular flexibility index (Phi) is 5.48. The van der Waals surface area contributed by atoms with Crippen molar-refractivity contribution < 1.29 is 27.5 Å². The van der Waals surface area contributed by atoms with E-state index in [4.69, 9.17) is 0 Å². The van der Waals surface area contributed by atoms with E-state index in [9.17, 15) is 22.8 Å². The largest absolute Gasteiger partial charge is 0.468 e. The Morgan fingerprint density at radius 2 is 1.79 bits per heavy atom. The molecule has 0 aliphatic carbocycles. The highest BCUT2D eigenvalue weighted by Gasteiger charge is 2.32. The number of nitrogens with zero attached hydrogens (tertiary/aromatic N) is 2. The van der Waals surface area contributed by atoms with Gasteiger partial charge in [0.2, 0.25) is 0 Å². The molecule has 2 rings (SSSR count). The Balaban J connectivity index is 2.02. The van der Waals surface area contributed by atoms with Crippen LogP contribution < -0.4 is 0 Å². The molecule has 1 aliphatic rings. The topological polar surface area (TPSA) is 49.9 Å². The Labute approximate surface area is 138 Å². The number of hydrogen-bond acceptors (Lipinski definition) is 4. The molecule has 1 heterocycles. The van der Waals surface area contributed by atoms with E-state index in [-0.39, 0.29) is 11.5 Å². The molecule has 24 heavy (non-hydrogen) atoms. The minimum absolute atomic E-state index is 0.0132. The minimum atomic E-state index is -4.48. The second-order valence-corrected chi connectivity index (χ2v) is 5.61. The van der Waals surface area contributed by atoms with E-state index < -0.39 is 23.7 Å². The van der Waals surface area contributed by atoms with Crippen LogP contribution in [0.3, 0.4) is 0 Å². The first kappa shape index (κ1) is 18.3. The number of alkyl halides is 3. The van der Waals surface area contributed by atoms with Crippen molar-refractivity contribution in [3.05, 3.63) is 35.4 Å². The summed E-state index contributed by atoms with van der Waals surface area (Å²) in [5.41, 5.74) is -0.828. The van der Waals surface area contributed by atoms with Gasteiger partial charge in [-0.3, -0.25) is 14.5 Å². The standard InChI is InChI=1S/C16H19F3N2O3/c1-11(15(23)24-2)20-6-8-21(9-7-20)14(22)12-4-3-5-13(10-12)16(17,18)19/h3-5,10-11H,6-9H2,1-2H3/t11-/m1/s1. The molecule has 1 aliphatic heterocycles. The van der Waals surface area contributed by atoms with Crippen LogP contribution in [0.2, 0.25) is 0 Å². The summed E-state index contributed by atoms with van der Waals surface area (Å²) in [7, 11) is 1.31. The number of ether oxygens (including phenoxy) is 1. The predicted molar refractivity (Wildman–Crippen MR) is 80.4 cm³/mol. The summed E-state index contributed by atoms with van der Waals surface area (Å²) < 4.78 is 42.9. The van der Waals surface area contributed by atoms with Gasteiger partial charge in [0.25, 0.3) is 5.91 Å². The fourth-order valence-corrected chi connectivity index (χ4v) is 2.64. The van der Waals surface area contributed by atoms with Crippen molar-refractivity contribution in [3.63, 3.8) is 0 Å². The second-order valence-electron chi connectivity index (χ2n) is 5.61. The smallest absolute Gasteiger partial charge is 0.416 e. The normalized spacial score (nSPS) is 17.5. The van der Waals surface area contributed by atoms with Gasteiger partial charge in [-0.2, -0.15) is 13.2 Å². The molecule has 0 radical (unpaired) electrons. The van der Waals surface area contributed by atoms with Crippen LogP contribution in [-0.2, 0) is 15.7 Å². The molecule has 0 saturated carbocycles. The van der Waals surface area contributed by atoms with Gasteiger partial charge in [0.15, 0.2) is 0 Å². The van der Waals surface area contributed by atoms with Gasteiger partial charge in [-0.1, -0.05) is 6.07 Å². The molecule has 0 N–H and O–H groups in total. The van der Waals surface area contributed by atoms with Gasteiger partial charge in [-0.15, -0.1) is 0 Å². The predicted octanol–water partition coefficient (Wildman–Crippen LogP) is 2.02. The van der Waals surface area contributed by atoms with Gasteiger partial charge in [0.1, 0.15) is 6.04 Å². The molecule has 1 aromatic rings. The number of piperazine rings is 1. The van der Waals surface area contributed by atoms with Gasteiger partial charge in [-0.05, 0) is 25.1 Å². The summed E-state index contributed by atoms with van der Waals surface area (Å²) in [5, 5.41) is 0. The van der Waals surface area contributed by atoms with Crippen LogP contribution in [0.25, 0.3) is 0 Å². The van der Waals surface area contributed by atoms with E-state index in [1.807, 2.05) is 4.90 Å². The van der Waals surface area contributed by atoms with Crippen molar-refractivity contribution in [2.24, 2.45) is 0 Å². The Bertz CT molecular complexity index is 611. The van der Waals surface area contributed by atoms with E-state index in [2.05, 4.69) is 4.74 Å². The molecule has 1 aromatic carbocycles. The third kappa shape index (κ3) is 4.05. The molecule has 1 saturated heterocycles. The zero-order chi connectivity index (χ0) is 17.9. The SMILES string of the molecule is COC(=O)[C@@H](C)N1CCN(C(=O)c2cccc(C(F)(F)F)c2)CC1. The Morgan fingerprint density at radius 3 is 2.33 bits per heavy atom. The molecule has 0 unspecified atom stereocenters. The molecule has 0 bridgehead atoms. The molecule has 0 spiro atoms. The van der Waals surface area contributed by atoms with E-state index in [1.54, 1.807) is 6.92 Å². The first-order chi connectivity index (χ1) is 11.2. The lowest BCUT2D eigenvalue weighted by Gasteiger charge is -2.37. The Hall–Kier alpha value is -2.09. The number of methoxy groups -OCH3 is 1. The zero-order valence-electron chi connectivity index (χ0n) is 13.5. The lowest BCUT2D eigenvalue weighted by molar-refractivity contribution is -0.146. The highest BCUT2D eigenvalue weighted by Crippen LogP contribution is 2.29. The second kappa shape index (κ2) is 7.21. The molecule has 1 atom stereocenters. The fraction of sp³-hybridized carbons (Fsp3) is 0.500. The van der Waals surface area contributed by atoms with Gasteiger partial charge in [0, 0.05) is 31.7 Å². The average molecular weight is 344 g/mol. The van der Waals surface area contributed by atoms with Gasteiger partial charge in [0.05, 0.1) is 12.7 Å². The highest BCUT2D eigenvalue weighted by molar-refractivity contribution is 5.94. The Morgan fingerprint density at radius 1 is 1.17 bits per heavy atom.